The Balaban J connectivity index is 1.85. The van der Waals surface area contributed by atoms with Gasteiger partial charge >= 0.3 is 5.97 Å². The van der Waals surface area contributed by atoms with Gasteiger partial charge in [-0.2, -0.15) is 5.10 Å². The van der Waals surface area contributed by atoms with Crippen molar-refractivity contribution in [3.8, 4) is 0 Å². The van der Waals surface area contributed by atoms with Gasteiger partial charge in [0.15, 0.2) is 0 Å². The number of aromatic nitrogens is 2. The molecule has 17 heavy (non-hydrogen) atoms. The van der Waals surface area contributed by atoms with Crippen LogP contribution in [0.4, 0.5) is 0 Å². The van der Waals surface area contributed by atoms with Crippen LogP contribution >= 0.6 is 0 Å². The Morgan fingerprint density at radius 3 is 3.18 bits per heavy atom. The van der Waals surface area contributed by atoms with E-state index in [0.717, 1.165) is 17.3 Å². The lowest BCUT2D eigenvalue weighted by atomic mass is 10.2. The van der Waals surface area contributed by atoms with Crippen LogP contribution in [0.5, 0.6) is 0 Å². The molecule has 0 saturated heterocycles. The van der Waals surface area contributed by atoms with Gasteiger partial charge in [0.1, 0.15) is 0 Å². The van der Waals surface area contributed by atoms with Crippen LogP contribution in [0.15, 0.2) is 30.5 Å². The lowest BCUT2D eigenvalue weighted by Crippen LogP contribution is -2.09. The van der Waals surface area contributed by atoms with E-state index in [1.807, 2.05) is 42.1 Å². The number of rotatable bonds is 3. The molecule has 1 aliphatic rings. The number of para-hydroxylation sites is 1. The molecule has 0 spiro atoms. The minimum atomic E-state index is -0.0999. The zero-order valence-electron chi connectivity index (χ0n) is 9.67. The Morgan fingerprint density at radius 1 is 1.53 bits per heavy atom. The zero-order chi connectivity index (χ0) is 11.8. The highest BCUT2D eigenvalue weighted by Crippen LogP contribution is 2.45. The number of hydrogen-bond donors (Lipinski definition) is 0. The van der Waals surface area contributed by atoms with Crippen molar-refractivity contribution >= 4 is 16.9 Å². The zero-order valence-corrected chi connectivity index (χ0v) is 9.67. The summed E-state index contributed by atoms with van der Waals surface area (Å²) in [6.07, 6.45) is 2.68. The molecule has 0 unspecified atom stereocenters. The third-order valence-electron chi connectivity index (χ3n) is 3.17. The molecule has 3 rings (SSSR count). The molecule has 4 heteroatoms. The van der Waals surface area contributed by atoms with Crippen molar-refractivity contribution in [2.24, 2.45) is 5.92 Å². The fraction of sp³-hybridized carbons (Fsp3) is 0.385. The van der Waals surface area contributed by atoms with Crippen LogP contribution in [0.3, 0.4) is 0 Å². The Kier molecular flexibility index (Phi) is 2.35. The maximum absolute atomic E-state index is 11.6. The van der Waals surface area contributed by atoms with Gasteiger partial charge in [0, 0.05) is 5.39 Å². The van der Waals surface area contributed by atoms with Crippen LogP contribution < -0.4 is 0 Å². The van der Waals surface area contributed by atoms with Gasteiger partial charge in [0.2, 0.25) is 0 Å². The summed E-state index contributed by atoms with van der Waals surface area (Å²) < 4.78 is 6.97. The quantitative estimate of drug-likeness (QED) is 0.759. The van der Waals surface area contributed by atoms with Crippen LogP contribution in [0.2, 0.25) is 0 Å². The number of esters is 1. The molecule has 1 aromatic carbocycles. The maximum Gasteiger partial charge on any atom is 0.311 e. The number of benzene rings is 1. The number of carbonyl (C=O) groups excluding carboxylic acids is 1. The first-order chi connectivity index (χ1) is 8.31. The van der Waals surface area contributed by atoms with E-state index in [-0.39, 0.29) is 17.9 Å². The first-order valence-corrected chi connectivity index (χ1v) is 5.90. The van der Waals surface area contributed by atoms with Gasteiger partial charge in [-0.15, -0.1) is 0 Å². The normalized spacial score (nSPS) is 22.6. The largest absolute Gasteiger partial charge is 0.466 e. The van der Waals surface area contributed by atoms with Gasteiger partial charge < -0.3 is 4.74 Å². The summed E-state index contributed by atoms with van der Waals surface area (Å²) in [6, 6.07) is 8.21. The number of ether oxygens (including phenoxy) is 1. The molecule has 1 heterocycles. The van der Waals surface area contributed by atoms with Gasteiger partial charge in [-0.05, 0) is 19.4 Å². The van der Waals surface area contributed by atoms with Crippen LogP contribution in [0.1, 0.15) is 19.4 Å². The van der Waals surface area contributed by atoms with Gasteiger partial charge in [0.25, 0.3) is 0 Å². The van der Waals surface area contributed by atoms with E-state index in [1.165, 1.54) is 0 Å². The van der Waals surface area contributed by atoms with Gasteiger partial charge in [-0.3, -0.25) is 9.48 Å². The Hall–Kier alpha value is -1.84. The highest BCUT2D eigenvalue weighted by molar-refractivity contribution is 5.80. The van der Waals surface area contributed by atoms with E-state index in [9.17, 15) is 4.79 Å². The molecular formula is C13H14N2O2. The summed E-state index contributed by atoms with van der Waals surface area (Å²) in [5, 5.41) is 5.47. The van der Waals surface area contributed by atoms with Crippen LogP contribution in [0, 0.1) is 5.92 Å². The van der Waals surface area contributed by atoms with Crippen molar-refractivity contribution in [2.75, 3.05) is 6.61 Å². The van der Waals surface area contributed by atoms with Crippen molar-refractivity contribution < 1.29 is 9.53 Å². The average Bonchev–Trinajstić information content (AvgIpc) is 3.02. The second kappa shape index (κ2) is 3.87. The van der Waals surface area contributed by atoms with Gasteiger partial charge in [-0.25, -0.2) is 0 Å². The second-order valence-corrected chi connectivity index (χ2v) is 4.31. The summed E-state index contributed by atoms with van der Waals surface area (Å²) in [7, 11) is 0. The van der Waals surface area contributed by atoms with Crippen molar-refractivity contribution in [1.29, 1.82) is 0 Å². The molecule has 0 amide bonds. The molecular weight excluding hydrogens is 216 g/mol. The minimum Gasteiger partial charge on any atom is -0.466 e. The molecule has 2 aromatic rings. The third kappa shape index (κ3) is 1.69. The summed E-state index contributed by atoms with van der Waals surface area (Å²) in [4.78, 5) is 11.6. The highest BCUT2D eigenvalue weighted by Gasteiger charge is 2.46. The van der Waals surface area contributed by atoms with Crippen molar-refractivity contribution in [3.63, 3.8) is 0 Å². The topological polar surface area (TPSA) is 44.1 Å². The van der Waals surface area contributed by atoms with Crippen LogP contribution in [-0.4, -0.2) is 22.4 Å². The number of nitrogens with zero attached hydrogens (tertiary/aromatic N) is 2. The van der Waals surface area contributed by atoms with Crippen LogP contribution in [-0.2, 0) is 9.53 Å². The molecule has 1 saturated carbocycles. The smallest absolute Gasteiger partial charge is 0.311 e. The fourth-order valence-electron chi connectivity index (χ4n) is 2.21. The molecule has 0 N–H and O–H groups in total. The second-order valence-electron chi connectivity index (χ2n) is 4.31. The van der Waals surface area contributed by atoms with E-state index in [2.05, 4.69) is 5.10 Å². The summed E-state index contributed by atoms with van der Waals surface area (Å²) in [5.74, 6) is -0.115. The monoisotopic (exact) mass is 230 g/mol. The van der Waals surface area contributed by atoms with Crippen molar-refractivity contribution in [1.82, 2.24) is 9.78 Å². The molecule has 1 fully saturated rings. The van der Waals surface area contributed by atoms with Crippen molar-refractivity contribution in [2.45, 2.75) is 19.4 Å². The van der Waals surface area contributed by atoms with Crippen LogP contribution in [0.25, 0.3) is 10.9 Å². The summed E-state index contributed by atoms with van der Waals surface area (Å²) >= 11 is 0. The minimum absolute atomic E-state index is 0.0155. The first-order valence-electron chi connectivity index (χ1n) is 5.90. The number of hydrogen-bond acceptors (Lipinski definition) is 3. The van der Waals surface area contributed by atoms with Crippen molar-refractivity contribution in [3.05, 3.63) is 30.5 Å². The maximum atomic E-state index is 11.6. The predicted molar refractivity (Wildman–Crippen MR) is 63.5 cm³/mol. The van der Waals surface area contributed by atoms with E-state index in [1.54, 1.807) is 0 Å². The Morgan fingerprint density at radius 2 is 2.35 bits per heavy atom. The van der Waals surface area contributed by atoms with E-state index < -0.39 is 0 Å². The molecule has 88 valence electrons. The molecule has 2 atom stereocenters. The molecule has 0 aliphatic heterocycles. The predicted octanol–water partition coefficient (Wildman–Crippen LogP) is 2.16. The standard InChI is InChI=1S/C13H14N2O2/c1-2-17-13(16)10-7-12(10)15-11-6-4-3-5-9(11)8-14-15/h3-6,8,10,12H,2,7H2,1H3/t10-,12-/m0/s1. The Labute approximate surface area is 99.2 Å². The molecule has 4 nitrogen and oxygen atoms in total. The average molecular weight is 230 g/mol. The van der Waals surface area contributed by atoms with Gasteiger partial charge in [-0.1, -0.05) is 18.2 Å². The lowest BCUT2D eigenvalue weighted by Gasteiger charge is -2.03. The van der Waals surface area contributed by atoms with E-state index in [0.29, 0.717) is 6.61 Å². The highest BCUT2D eigenvalue weighted by atomic mass is 16.5. The SMILES string of the molecule is CCOC(=O)[C@H]1C[C@@H]1n1ncc2ccccc21. The summed E-state index contributed by atoms with van der Waals surface area (Å²) in [6.45, 7) is 2.28. The number of fused-ring (bicyclic) bond motifs is 1. The molecule has 0 radical (unpaired) electrons. The number of carbonyl (C=O) groups is 1. The molecule has 0 bridgehead atoms. The molecule has 1 aliphatic carbocycles. The lowest BCUT2D eigenvalue weighted by molar-refractivity contribution is -0.144. The first kappa shape index (κ1) is 10.3. The van der Waals surface area contributed by atoms with E-state index in [4.69, 9.17) is 4.74 Å². The molecule has 1 aromatic heterocycles. The fourth-order valence-corrected chi connectivity index (χ4v) is 2.21. The third-order valence-corrected chi connectivity index (χ3v) is 3.17. The van der Waals surface area contributed by atoms with E-state index >= 15 is 0 Å². The Bertz CT molecular complexity index is 561. The van der Waals surface area contributed by atoms with Gasteiger partial charge in [0.05, 0.1) is 30.3 Å². The summed E-state index contributed by atoms with van der Waals surface area (Å²) in [5.41, 5.74) is 1.09.